The van der Waals surface area contributed by atoms with Gasteiger partial charge in [0.25, 0.3) is 0 Å². The van der Waals surface area contributed by atoms with E-state index in [2.05, 4.69) is 10.6 Å². The molecule has 6 nitrogen and oxygen atoms in total. The van der Waals surface area contributed by atoms with E-state index in [-0.39, 0.29) is 29.7 Å². The van der Waals surface area contributed by atoms with Crippen LogP contribution >= 0.6 is 0 Å². The molecular weight excluding hydrogens is 366 g/mol. The maximum atomic E-state index is 13.0. The number of rotatable bonds is 8. The van der Waals surface area contributed by atoms with Gasteiger partial charge in [-0.15, -0.1) is 0 Å². The van der Waals surface area contributed by atoms with E-state index in [9.17, 15) is 14.4 Å². The molecule has 1 fully saturated rings. The molecule has 1 aliphatic heterocycles. The van der Waals surface area contributed by atoms with Crippen molar-refractivity contribution < 1.29 is 14.4 Å². The van der Waals surface area contributed by atoms with Crippen LogP contribution in [0.15, 0.2) is 30.3 Å². The van der Waals surface area contributed by atoms with Gasteiger partial charge in [-0.2, -0.15) is 0 Å². The van der Waals surface area contributed by atoms with E-state index in [0.717, 1.165) is 18.4 Å². The van der Waals surface area contributed by atoms with Gasteiger partial charge >= 0.3 is 0 Å². The molecule has 1 unspecified atom stereocenters. The van der Waals surface area contributed by atoms with Crippen molar-refractivity contribution in [1.29, 1.82) is 0 Å². The van der Waals surface area contributed by atoms with Crippen LogP contribution in [0.25, 0.3) is 0 Å². The SMILES string of the molecule is CC(C)CC(=O)NC(C(=O)NC1CCN(C(=O)CC(C)C)CC1)c1ccccc1. The summed E-state index contributed by atoms with van der Waals surface area (Å²) in [5.41, 5.74) is 0.770. The molecule has 0 bridgehead atoms. The number of amides is 3. The quantitative estimate of drug-likeness (QED) is 0.703. The number of carbonyl (C=O) groups is 3. The highest BCUT2D eigenvalue weighted by Gasteiger charge is 2.28. The zero-order chi connectivity index (χ0) is 21.4. The van der Waals surface area contributed by atoms with Crippen LogP contribution in [0, 0.1) is 11.8 Å². The number of nitrogens with zero attached hydrogens (tertiary/aromatic N) is 1. The van der Waals surface area contributed by atoms with E-state index in [1.54, 1.807) is 0 Å². The largest absolute Gasteiger partial charge is 0.351 e. The molecule has 1 atom stereocenters. The molecule has 2 rings (SSSR count). The highest BCUT2D eigenvalue weighted by molar-refractivity contribution is 5.89. The van der Waals surface area contributed by atoms with E-state index >= 15 is 0 Å². The lowest BCUT2D eigenvalue weighted by molar-refractivity contribution is -0.133. The van der Waals surface area contributed by atoms with Crippen LogP contribution in [0.2, 0.25) is 0 Å². The number of hydrogen-bond donors (Lipinski definition) is 2. The Morgan fingerprint density at radius 3 is 2.10 bits per heavy atom. The Kier molecular flexibility index (Phi) is 8.68. The van der Waals surface area contributed by atoms with Crippen LogP contribution in [-0.2, 0) is 14.4 Å². The third-order valence-electron chi connectivity index (χ3n) is 5.07. The minimum absolute atomic E-state index is 0.0128. The second-order valence-electron chi connectivity index (χ2n) is 8.77. The summed E-state index contributed by atoms with van der Waals surface area (Å²) in [6.45, 7) is 9.36. The van der Waals surface area contributed by atoms with Gasteiger partial charge in [0.15, 0.2) is 0 Å². The number of hydrogen-bond acceptors (Lipinski definition) is 3. The summed E-state index contributed by atoms with van der Waals surface area (Å²) in [6, 6.07) is 8.63. The predicted octanol–water partition coefficient (Wildman–Crippen LogP) is 3.04. The summed E-state index contributed by atoms with van der Waals surface area (Å²) < 4.78 is 0. The highest BCUT2D eigenvalue weighted by atomic mass is 16.2. The van der Waals surface area contributed by atoms with Crippen molar-refractivity contribution in [2.24, 2.45) is 11.8 Å². The Labute approximate surface area is 174 Å². The van der Waals surface area contributed by atoms with Gasteiger partial charge in [0.05, 0.1) is 0 Å². The van der Waals surface area contributed by atoms with Crippen LogP contribution in [0.5, 0.6) is 0 Å². The molecule has 0 spiro atoms. The predicted molar refractivity (Wildman–Crippen MR) is 114 cm³/mol. The zero-order valence-electron chi connectivity index (χ0n) is 18.1. The van der Waals surface area contributed by atoms with Gasteiger partial charge in [0, 0.05) is 32.0 Å². The average Bonchev–Trinajstić information content (AvgIpc) is 2.66. The maximum absolute atomic E-state index is 13.0. The topological polar surface area (TPSA) is 78.5 Å². The third kappa shape index (κ3) is 7.52. The van der Waals surface area contributed by atoms with Gasteiger partial charge in [0.2, 0.25) is 17.7 Å². The van der Waals surface area contributed by atoms with E-state index in [1.165, 1.54) is 0 Å². The van der Waals surface area contributed by atoms with Crippen LogP contribution in [0.3, 0.4) is 0 Å². The second kappa shape index (κ2) is 11.0. The minimum Gasteiger partial charge on any atom is -0.351 e. The maximum Gasteiger partial charge on any atom is 0.247 e. The lowest BCUT2D eigenvalue weighted by Gasteiger charge is -2.33. The fraction of sp³-hybridized carbons (Fsp3) is 0.609. The molecule has 2 N–H and O–H groups in total. The Hall–Kier alpha value is -2.37. The molecular formula is C23H35N3O3. The molecule has 1 aliphatic rings. The van der Waals surface area contributed by atoms with Crippen molar-refractivity contribution in [2.45, 2.75) is 65.5 Å². The number of nitrogens with one attached hydrogen (secondary N) is 2. The van der Waals surface area contributed by atoms with Gasteiger partial charge < -0.3 is 15.5 Å². The van der Waals surface area contributed by atoms with Gasteiger partial charge in [-0.3, -0.25) is 14.4 Å². The van der Waals surface area contributed by atoms with E-state index < -0.39 is 6.04 Å². The molecule has 1 saturated heterocycles. The lowest BCUT2D eigenvalue weighted by Crippen LogP contribution is -2.49. The summed E-state index contributed by atoms with van der Waals surface area (Å²) in [5.74, 6) is 0.439. The number of benzene rings is 1. The fourth-order valence-corrected chi connectivity index (χ4v) is 3.57. The first kappa shape index (κ1) is 22.9. The molecule has 1 aromatic rings. The van der Waals surface area contributed by atoms with E-state index in [0.29, 0.717) is 31.8 Å². The highest BCUT2D eigenvalue weighted by Crippen LogP contribution is 2.17. The molecule has 160 valence electrons. The first-order chi connectivity index (χ1) is 13.8. The summed E-state index contributed by atoms with van der Waals surface area (Å²) >= 11 is 0. The first-order valence-corrected chi connectivity index (χ1v) is 10.7. The van der Waals surface area contributed by atoms with Crippen molar-refractivity contribution in [3.8, 4) is 0 Å². The minimum atomic E-state index is -0.706. The smallest absolute Gasteiger partial charge is 0.247 e. The average molecular weight is 402 g/mol. The second-order valence-corrected chi connectivity index (χ2v) is 8.77. The summed E-state index contributed by atoms with van der Waals surface area (Å²) in [7, 11) is 0. The zero-order valence-corrected chi connectivity index (χ0v) is 18.1. The Bertz CT molecular complexity index is 680. The molecule has 6 heteroatoms. The van der Waals surface area contributed by atoms with Crippen molar-refractivity contribution in [1.82, 2.24) is 15.5 Å². The molecule has 29 heavy (non-hydrogen) atoms. The normalized spacial score (nSPS) is 16.0. The lowest BCUT2D eigenvalue weighted by atomic mass is 10.0. The van der Waals surface area contributed by atoms with Crippen molar-refractivity contribution in [3.05, 3.63) is 35.9 Å². The van der Waals surface area contributed by atoms with Gasteiger partial charge in [0.1, 0.15) is 6.04 Å². The van der Waals surface area contributed by atoms with Crippen LogP contribution < -0.4 is 10.6 Å². The molecule has 0 aliphatic carbocycles. The monoisotopic (exact) mass is 401 g/mol. The molecule has 0 radical (unpaired) electrons. The number of piperidine rings is 1. The standard InChI is InChI=1S/C23H35N3O3/c1-16(2)14-20(27)25-22(18-8-6-5-7-9-18)23(29)24-19-10-12-26(13-11-19)21(28)15-17(3)4/h5-9,16-17,19,22H,10-15H2,1-4H3,(H,24,29)(H,25,27). The first-order valence-electron chi connectivity index (χ1n) is 10.7. The summed E-state index contributed by atoms with van der Waals surface area (Å²) in [6.07, 6.45) is 2.41. The number of carbonyl (C=O) groups excluding carboxylic acids is 3. The van der Waals surface area contributed by atoms with Crippen molar-refractivity contribution in [2.75, 3.05) is 13.1 Å². The summed E-state index contributed by atoms with van der Waals surface area (Å²) in [5, 5.41) is 5.97. The Morgan fingerprint density at radius 1 is 0.966 bits per heavy atom. The number of likely N-dealkylation sites (tertiary alicyclic amines) is 1. The van der Waals surface area contributed by atoms with Crippen LogP contribution in [0.1, 0.15) is 65.0 Å². The molecule has 3 amide bonds. The van der Waals surface area contributed by atoms with Crippen LogP contribution in [-0.4, -0.2) is 41.8 Å². The third-order valence-corrected chi connectivity index (χ3v) is 5.07. The molecule has 0 saturated carbocycles. The Morgan fingerprint density at radius 2 is 1.55 bits per heavy atom. The van der Waals surface area contributed by atoms with Gasteiger partial charge in [-0.25, -0.2) is 0 Å². The molecule has 1 aromatic carbocycles. The summed E-state index contributed by atoms with van der Waals surface area (Å²) in [4.78, 5) is 39.4. The van der Waals surface area contributed by atoms with E-state index in [4.69, 9.17) is 0 Å². The Balaban J connectivity index is 1.96. The van der Waals surface area contributed by atoms with E-state index in [1.807, 2.05) is 62.9 Å². The molecule has 0 aromatic heterocycles. The van der Waals surface area contributed by atoms with Crippen molar-refractivity contribution in [3.63, 3.8) is 0 Å². The van der Waals surface area contributed by atoms with Gasteiger partial charge in [-0.1, -0.05) is 58.0 Å². The van der Waals surface area contributed by atoms with Crippen LogP contribution in [0.4, 0.5) is 0 Å². The van der Waals surface area contributed by atoms with Crippen molar-refractivity contribution >= 4 is 17.7 Å². The fourth-order valence-electron chi connectivity index (χ4n) is 3.57. The molecule has 1 heterocycles. The van der Waals surface area contributed by atoms with Gasteiger partial charge in [-0.05, 0) is 30.2 Å².